The molecule has 2 heteroatoms. The zero-order valence-corrected chi connectivity index (χ0v) is 6.98. The monoisotopic (exact) mass is 141 g/mol. The summed E-state index contributed by atoms with van der Waals surface area (Å²) < 4.78 is 0. The minimum absolute atomic E-state index is 0.0833. The van der Waals surface area contributed by atoms with Crippen molar-refractivity contribution >= 4 is 5.78 Å². The first-order valence-electron chi connectivity index (χ1n) is 3.78. The molecule has 0 heterocycles. The lowest BCUT2D eigenvalue weighted by Gasteiger charge is -2.45. The summed E-state index contributed by atoms with van der Waals surface area (Å²) in [6, 6.07) is 0. The van der Waals surface area contributed by atoms with Gasteiger partial charge in [0.1, 0.15) is 5.78 Å². The first kappa shape index (κ1) is 7.73. The number of nitrogens with zero attached hydrogens (tertiary/aromatic N) is 1. The molecule has 0 bridgehead atoms. The van der Waals surface area contributed by atoms with Crippen molar-refractivity contribution in [3.63, 3.8) is 0 Å². The highest BCUT2D eigenvalue weighted by Gasteiger charge is 2.43. The van der Waals surface area contributed by atoms with Crippen molar-refractivity contribution in [1.29, 1.82) is 0 Å². The van der Waals surface area contributed by atoms with E-state index in [0.29, 0.717) is 5.78 Å². The Balaban J connectivity index is 2.68. The summed E-state index contributed by atoms with van der Waals surface area (Å²) >= 11 is 0. The Kier molecular flexibility index (Phi) is 1.82. The fourth-order valence-corrected chi connectivity index (χ4v) is 1.63. The summed E-state index contributed by atoms with van der Waals surface area (Å²) in [6.07, 6.45) is 3.31. The Morgan fingerprint density at radius 1 is 1.40 bits per heavy atom. The quantitative estimate of drug-likeness (QED) is 0.573. The van der Waals surface area contributed by atoms with E-state index in [4.69, 9.17) is 0 Å². The van der Waals surface area contributed by atoms with Gasteiger partial charge in [-0.15, -0.1) is 0 Å². The molecule has 1 saturated carbocycles. The van der Waals surface area contributed by atoms with Crippen LogP contribution < -0.4 is 0 Å². The van der Waals surface area contributed by atoms with Crippen LogP contribution >= 0.6 is 0 Å². The Morgan fingerprint density at radius 2 is 1.90 bits per heavy atom. The average Bonchev–Trinajstić information content (AvgIpc) is 1.57. The van der Waals surface area contributed by atoms with Gasteiger partial charge in [-0.3, -0.25) is 9.69 Å². The molecule has 0 aromatic rings. The standard InChI is InChI=1S/C8H15NO/c1-7(10)8(9(2)3)5-4-6-8/h4-6H2,1-3H3. The second-order valence-electron chi connectivity index (χ2n) is 3.34. The zero-order chi connectivity index (χ0) is 7.78. The van der Waals surface area contributed by atoms with Crippen molar-refractivity contribution < 1.29 is 4.79 Å². The molecule has 0 aromatic heterocycles. The molecule has 0 atom stereocenters. The van der Waals surface area contributed by atoms with Gasteiger partial charge in [0.05, 0.1) is 5.54 Å². The number of hydrogen-bond acceptors (Lipinski definition) is 2. The van der Waals surface area contributed by atoms with Gasteiger partial charge in [-0.2, -0.15) is 0 Å². The Hall–Kier alpha value is -0.370. The fraction of sp³-hybridized carbons (Fsp3) is 0.875. The molecule has 0 aromatic carbocycles. The van der Waals surface area contributed by atoms with Crippen LogP contribution in [0.5, 0.6) is 0 Å². The van der Waals surface area contributed by atoms with Crippen molar-refractivity contribution in [2.45, 2.75) is 31.7 Å². The molecule has 1 fully saturated rings. The number of likely N-dealkylation sites (N-methyl/N-ethyl adjacent to an activating group) is 1. The van der Waals surface area contributed by atoms with Gasteiger partial charge in [0.2, 0.25) is 0 Å². The fourth-order valence-electron chi connectivity index (χ4n) is 1.63. The van der Waals surface area contributed by atoms with Crippen molar-refractivity contribution in [3.05, 3.63) is 0 Å². The van der Waals surface area contributed by atoms with Crippen molar-refractivity contribution in [3.8, 4) is 0 Å². The molecule has 0 amide bonds. The molecular formula is C8H15NO. The molecule has 0 saturated heterocycles. The number of Topliss-reactive ketones (excluding diaryl/α,β-unsaturated/α-hetero) is 1. The van der Waals surface area contributed by atoms with Gasteiger partial charge < -0.3 is 0 Å². The summed E-state index contributed by atoms with van der Waals surface area (Å²) in [7, 11) is 3.97. The number of rotatable bonds is 2. The topological polar surface area (TPSA) is 20.3 Å². The van der Waals surface area contributed by atoms with Gasteiger partial charge in [-0.05, 0) is 40.3 Å². The van der Waals surface area contributed by atoms with Crippen LogP contribution in [0.4, 0.5) is 0 Å². The molecule has 0 spiro atoms. The molecule has 10 heavy (non-hydrogen) atoms. The van der Waals surface area contributed by atoms with E-state index in [1.54, 1.807) is 6.92 Å². The van der Waals surface area contributed by atoms with E-state index in [0.717, 1.165) is 12.8 Å². The smallest absolute Gasteiger partial charge is 0.149 e. The molecular weight excluding hydrogens is 126 g/mol. The Bertz CT molecular complexity index is 147. The molecule has 0 N–H and O–H groups in total. The second kappa shape index (κ2) is 2.35. The van der Waals surface area contributed by atoms with Crippen molar-refractivity contribution in [2.24, 2.45) is 0 Å². The molecule has 58 valence electrons. The minimum Gasteiger partial charge on any atom is -0.298 e. The van der Waals surface area contributed by atoms with E-state index >= 15 is 0 Å². The average molecular weight is 141 g/mol. The normalized spacial score (nSPS) is 22.4. The maximum absolute atomic E-state index is 11.1. The molecule has 1 aliphatic carbocycles. The van der Waals surface area contributed by atoms with E-state index in [2.05, 4.69) is 4.90 Å². The summed E-state index contributed by atoms with van der Waals surface area (Å²) in [5, 5.41) is 0. The van der Waals surface area contributed by atoms with Crippen LogP contribution in [0.3, 0.4) is 0 Å². The first-order chi connectivity index (χ1) is 4.59. The lowest BCUT2D eigenvalue weighted by atomic mass is 9.73. The zero-order valence-electron chi connectivity index (χ0n) is 6.98. The number of hydrogen-bond donors (Lipinski definition) is 0. The lowest BCUT2D eigenvalue weighted by Crippen LogP contribution is -2.55. The molecule has 0 unspecified atom stereocenters. The SMILES string of the molecule is CC(=O)C1(N(C)C)CCC1. The summed E-state index contributed by atoms with van der Waals surface area (Å²) in [5.74, 6) is 0.323. The third kappa shape index (κ3) is 0.870. The summed E-state index contributed by atoms with van der Waals surface area (Å²) in [5.41, 5.74) is -0.0833. The van der Waals surface area contributed by atoms with Gasteiger partial charge in [-0.25, -0.2) is 0 Å². The van der Waals surface area contributed by atoms with E-state index < -0.39 is 0 Å². The van der Waals surface area contributed by atoms with Crippen LogP contribution in [0.1, 0.15) is 26.2 Å². The van der Waals surface area contributed by atoms with Gasteiger partial charge >= 0.3 is 0 Å². The van der Waals surface area contributed by atoms with Crippen LogP contribution in [0, 0.1) is 0 Å². The molecule has 0 radical (unpaired) electrons. The van der Waals surface area contributed by atoms with Crippen molar-refractivity contribution in [1.82, 2.24) is 4.90 Å². The number of ketones is 1. The number of carbonyl (C=O) groups excluding carboxylic acids is 1. The second-order valence-corrected chi connectivity index (χ2v) is 3.34. The van der Waals surface area contributed by atoms with Gasteiger partial charge in [-0.1, -0.05) is 0 Å². The molecule has 1 aliphatic rings. The van der Waals surface area contributed by atoms with Gasteiger partial charge in [0.15, 0.2) is 0 Å². The van der Waals surface area contributed by atoms with E-state index in [1.807, 2.05) is 14.1 Å². The van der Waals surface area contributed by atoms with E-state index in [9.17, 15) is 4.79 Å². The van der Waals surface area contributed by atoms with Crippen LogP contribution in [0.25, 0.3) is 0 Å². The maximum Gasteiger partial charge on any atom is 0.149 e. The molecule has 1 rings (SSSR count). The van der Waals surface area contributed by atoms with E-state index in [-0.39, 0.29) is 5.54 Å². The third-order valence-corrected chi connectivity index (χ3v) is 2.69. The minimum atomic E-state index is -0.0833. The van der Waals surface area contributed by atoms with E-state index in [1.165, 1.54) is 6.42 Å². The lowest BCUT2D eigenvalue weighted by molar-refractivity contribution is -0.132. The molecule has 0 aliphatic heterocycles. The summed E-state index contributed by atoms with van der Waals surface area (Å²) in [4.78, 5) is 13.2. The highest BCUT2D eigenvalue weighted by molar-refractivity contribution is 5.87. The predicted molar refractivity (Wildman–Crippen MR) is 41.0 cm³/mol. The van der Waals surface area contributed by atoms with Crippen LogP contribution in [-0.2, 0) is 4.79 Å². The maximum atomic E-state index is 11.1. The highest BCUT2D eigenvalue weighted by atomic mass is 16.1. The van der Waals surface area contributed by atoms with Crippen LogP contribution in [0.15, 0.2) is 0 Å². The first-order valence-corrected chi connectivity index (χ1v) is 3.78. The Morgan fingerprint density at radius 3 is 1.90 bits per heavy atom. The molecule has 2 nitrogen and oxygen atoms in total. The highest BCUT2D eigenvalue weighted by Crippen LogP contribution is 2.36. The van der Waals surface area contributed by atoms with Crippen LogP contribution in [0.2, 0.25) is 0 Å². The predicted octanol–water partition coefficient (Wildman–Crippen LogP) is 1.06. The van der Waals surface area contributed by atoms with Crippen molar-refractivity contribution in [2.75, 3.05) is 14.1 Å². The largest absolute Gasteiger partial charge is 0.298 e. The number of carbonyl (C=O) groups is 1. The van der Waals surface area contributed by atoms with Crippen LogP contribution in [-0.4, -0.2) is 30.3 Å². The third-order valence-electron chi connectivity index (χ3n) is 2.69. The summed E-state index contributed by atoms with van der Waals surface area (Å²) in [6.45, 7) is 1.69. The van der Waals surface area contributed by atoms with Gasteiger partial charge in [0.25, 0.3) is 0 Å². The Labute approximate surface area is 62.2 Å². The van der Waals surface area contributed by atoms with Gasteiger partial charge in [0, 0.05) is 0 Å².